The van der Waals surface area contributed by atoms with Crippen molar-refractivity contribution in [2.24, 2.45) is 0 Å². The molecule has 0 amide bonds. The van der Waals surface area contributed by atoms with Gasteiger partial charge in [0.15, 0.2) is 6.29 Å². The molecule has 2 aromatic rings. The Kier molecular flexibility index (Phi) is 3.69. The number of carbonyl (C=O) groups is 1. The Balaban J connectivity index is 2.50. The molecule has 0 saturated heterocycles. The van der Waals surface area contributed by atoms with Crippen LogP contribution in [0.25, 0.3) is 11.1 Å². The van der Waals surface area contributed by atoms with E-state index >= 15 is 0 Å². The molecule has 0 aliphatic carbocycles. The minimum absolute atomic E-state index is 0.104. The zero-order valence-corrected chi connectivity index (χ0v) is 9.82. The number of carbonyl (C=O) groups excluding carboxylic acids is 1. The Morgan fingerprint density at radius 1 is 1.05 bits per heavy atom. The lowest BCUT2D eigenvalue weighted by Crippen LogP contribution is -2.17. The molecule has 0 aliphatic heterocycles. The van der Waals surface area contributed by atoms with Crippen LogP contribution in [0.3, 0.4) is 0 Å². The van der Waals surface area contributed by atoms with E-state index in [0.29, 0.717) is 6.29 Å². The number of halogens is 4. The normalized spacial score (nSPS) is 11.2. The molecule has 104 valence electrons. The SMILES string of the molecule is O=Cc1ccc(-c2ccccc2OC(F)(F)F)c(F)n1. The maximum absolute atomic E-state index is 13.7. The van der Waals surface area contributed by atoms with E-state index in [0.717, 1.165) is 6.07 Å². The van der Waals surface area contributed by atoms with Crippen LogP contribution in [0.5, 0.6) is 5.75 Å². The van der Waals surface area contributed by atoms with Crippen LogP contribution >= 0.6 is 0 Å². The minimum Gasteiger partial charge on any atom is -0.405 e. The Morgan fingerprint density at radius 3 is 2.35 bits per heavy atom. The van der Waals surface area contributed by atoms with E-state index in [1.165, 1.54) is 30.3 Å². The third kappa shape index (κ3) is 3.11. The summed E-state index contributed by atoms with van der Waals surface area (Å²) in [5.74, 6) is -1.59. The van der Waals surface area contributed by atoms with Gasteiger partial charge in [0, 0.05) is 11.1 Å². The van der Waals surface area contributed by atoms with Gasteiger partial charge in [0.1, 0.15) is 11.4 Å². The first-order valence-electron chi connectivity index (χ1n) is 5.37. The van der Waals surface area contributed by atoms with Gasteiger partial charge in [-0.25, -0.2) is 4.98 Å². The van der Waals surface area contributed by atoms with Gasteiger partial charge < -0.3 is 4.74 Å². The predicted octanol–water partition coefficient (Wildman–Crippen LogP) is 3.60. The molecule has 0 aliphatic rings. The van der Waals surface area contributed by atoms with Crippen molar-refractivity contribution >= 4 is 6.29 Å². The first-order valence-corrected chi connectivity index (χ1v) is 5.37. The molecular formula is C13H7F4NO2. The van der Waals surface area contributed by atoms with Crippen molar-refractivity contribution < 1.29 is 27.1 Å². The molecule has 0 saturated carbocycles. The number of hydrogen-bond acceptors (Lipinski definition) is 3. The topological polar surface area (TPSA) is 39.2 Å². The summed E-state index contributed by atoms with van der Waals surface area (Å²) < 4.78 is 54.4. The van der Waals surface area contributed by atoms with E-state index in [4.69, 9.17) is 0 Å². The number of rotatable bonds is 3. The molecule has 2 rings (SSSR count). The number of aldehydes is 1. The van der Waals surface area contributed by atoms with Gasteiger partial charge >= 0.3 is 6.36 Å². The molecular weight excluding hydrogens is 278 g/mol. The molecule has 7 heteroatoms. The van der Waals surface area contributed by atoms with Crippen LogP contribution in [0.2, 0.25) is 0 Å². The fraction of sp³-hybridized carbons (Fsp3) is 0.0769. The van der Waals surface area contributed by atoms with Crippen molar-refractivity contribution in [3.8, 4) is 16.9 Å². The lowest BCUT2D eigenvalue weighted by atomic mass is 10.1. The maximum Gasteiger partial charge on any atom is 0.573 e. The van der Waals surface area contributed by atoms with E-state index in [2.05, 4.69) is 9.72 Å². The average Bonchev–Trinajstić information content (AvgIpc) is 2.38. The molecule has 1 aromatic heterocycles. The Hall–Kier alpha value is -2.44. The van der Waals surface area contributed by atoms with Gasteiger partial charge in [-0.1, -0.05) is 18.2 Å². The highest BCUT2D eigenvalue weighted by Crippen LogP contribution is 2.34. The Bertz CT molecular complexity index is 641. The predicted molar refractivity (Wildman–Crippen MR) is 61.7 cm³/mol. The summed E-state index contributed by atoms with van der Waals surface area (Å²) in [5, 5.41) is 0. The van der Waals surface area contributed by atoms with Crippen molar-refractivity contribution in [2.75, 3.05) is 0 Å². The quantitative estimate of drug-likeness (QED) is 0.491. The monoisotopic (exact) mass is 285 g/mol. The number of nitrogens with zero attached hydrogens (tertiary/aromatic N) is 1. The van der Waals surface area contributed by atoms with Crippen LogP contribution in [0.1, 0.15) is 10.5 Å². The van der Waals surface area contributed by atoms with Crippen LogP contribution in [0.4, 0.5) is 17.6 Å². The highest BCUT2D eigenvalue weighted by molar-refractivity contribution is 5.75. The van der Waals surface area contributed by atoms with Crippen molar-refractivity contribution in [2.45, 2.75) is 6.36 Å². The van der Waals surface area contributed by atoms with E-state index < -0.39 is 18.1 Å². The zero-order chi connectivity index (χ0) is 14.8. The lowest BCUT2D eigenvalue weighted by Gasteiger charge is -2.13. The van der Waals surface area contributed by atoms with Gasteiger partial charge in [-0.3, -0.25) is 4.79 Å². The molecule has 0 radical (unpaired) electrons. The lowest BCUT2D eigenvalue weighted by molar-refractivity contribution is -0.274. The third-order valence-electron chi connectivity index (χ3n) is 2.39. The average molecular weight is 285 g/mol. The first kappa shape index (κ1) is 14.0. The van der Waals surface area contributed by atoms with Crippen molar-refractivity contribution in [3.63, 3.8) is 0 Å². The number of ether oxygens (including phenoxy) is 1. The minimum atomic E-state index is -4.89. The molecule has 0 bridgehead atoms. The third-order valence-corrected chi connectivity index (χ3v) is 2.39. The second-order valence-corrected chi connectivity index (χ2v) is 3.74. The fourth-order valence-electron chi connectivity index (χ4n) is 1.62. The summed E-state index contributed by atoms with van der Waals surface area (Å²) in [6.07, 6.45) is -4.55. The highest BCUT2D eigenvalue weighted by Gasteiger charge is 2.32. The van der Waals surface area contributed by atoms with Gasteiger partial charge in [0.2, 0.25) is 5.95 Å². The van der Waals surface area contributed by atoms with E-state index in [1.54, 1.807) is 0 Å². The molecule has 1 heterocycles. The van der Waals surface area contributed by atoms with Crippen LogP contribution in [0, 0.1) is 5.95 Å². The maximum atomic E-state index is 13.7. The highest BCUT2D eigenvalue weighted by atomic mass is 19.4. The van der Waals surface area contributed by atoms with Gasteiger partial charge in [-0.05, 0) is 18.2 Å². The second-order valence-electron chi connectivity index (χ2n) is 3.74. The van der Waals surface area contributed by atoms with Crippen molar-refractivity contribution in [3.05, 3.63) is 48.0 Å². The molecule has 0 unspecified atom stereocenters. The fourth-order valence-corrected chi connectivity index (χ4v) is 1.62. The zero-order valence-electron chi connectivity index (χ0n) is 9.82. The number of benzene rings is 1. The van der Waals surface area contributed by atoms with E-state index in [1.807, 2.05) is 0 Å². The molecule has 0 atom stereocenters. The standard InChI is InChI=1S/C13H7F4NO2/c14-12-10(6-5-8(7-19)18-12)9-3-1-2-4-11(9)20-13(15,16)17/h1-7H. The summed E-state index contributed by atoms with van der Waals surface area (Å²) in [6, 6.07) is 7.47. The number of pyridine rings is 1. The number of alkyl halides is 3. The Morgan fingerprint density at radius 2 is 1.75 bits per heavy atom. The summed E-state index contributed by atoms with van der Waals surface area (Å²) in [5.41, 5.74) is -0.441. The van der Waals surface area contributed by atoms with Crippen LogP contribution in [0.15, 0.2) is 36.4 Å². The largest absolute Gasteiger partial charge is 0.573 e. The van der Waals surface area contributed by atoms with Crippen molar-refractivity contribution in [1.82, 2.24) is 4.98 Å². The molecule has 0 N–H and O–H groups in total. The van der Waals surface area contributed by atoms with Crippen molar-refractivity contribution in [1.29, 1.82) is 0 Å². The molecule has 0 fully saturated rings. The summed E-state index contributed by atoms with van der Waals surface area (Å²) in [7, 11) is 0. The van der Waals surface area contributed by atoms with Gasteiger partial charge in [-0.2, -0.15) is 4.39 Å². The first-order chi connectivity index (χ1) is 9.40. The second kappa shape index (κ2) is 5.28. The number of para-hydroxylation sites is 1. The Labute approximate surface area is 110 Å². The van der Waals surface area contributed by atoms with Crippen LogP contribution in [-0.4, -0.2) is 17.6 Å². The van der Waals surface area contributed by atoms with Crippen LogP contribution < -0.4 is 4.74 Å². The molecule has 20 heavy (non-hydrogen) atoms. The van der Waals surface area contributed by atoms with Gasteiger partial charge in [0.05, 0.1) is 0 Å². The number of hydrogen-bond donors (Lipinski definition) is 0. The van der Waals surface area contributed by atoms with E-state index in [-0.39, 0.29) is 16.8 Å². The van der Waals surface area contributed by atoms with Gasteiger partial charge in [0.25, 0.3) is 0 Å². The van der Waals surface area contributed by atoms with E-state index in [9.17, 15) is 22.4 Å². The molecule has 3 nitrogen and oxygen atoms in total. The molecule has 0 spiro atoms. The van der Waals surface area contributed by atoms with Gasteiger partial charge in [-0.15, -0.1) is 13.2 Å². The number of aromatic nitrogens is 1. The summed E-state index contributed by atoms with van der Waals surface area (Å²) in [6.45, 7) is 0. The summed E-state index contributed by atoms with van der Waals surface area (Å²) >= 11 is 0. The van der Waals surface area contributed by atoms with Crippen LogP contribution in [-0.2, 0) is 0 Å². The summed E-state index contributed by atoms with van der Waals surface area (Å²) in [4.78, 5) is 13.8. The molecule has 1 aromatic carbocycles. The smallest absolute Gasteiger partial charge is 0.405 e.